The van der Waals surface area contributed by atoms with Crippen molar-refractivity contribution in [1.82, 2.24) is 9.13 Å². The van der Waals surface area contributed by atoms with Gasteiger partial charge in [0.2, 0.25) is 5.69 Å². The van der Waals surface area contributed by atoms with Crippen LogP contribution < -0.4 is 0 Å². The zero-order valence-electron chi connectivity index (χ0n) is 26.9. The lowest BCUT2D eigenvalue weighted by Gasteiger charge is -2.21. The van der Waals surface area contributed by atoms with Crippen LogP contribution in [0.5, 0.6) is 0 Å². The van der Waals surface area contributed by atoms with E-state index in [0.717, 1.165) is 76.7 Å². The Hall–Kier alpha value is -7.59. The quantitative estimate of drug-likeness (QED) is 0.179. The van der Waals surface area contributed by atoms with Gasteiger partial charge >= 0.3 is 0 Å². The van der Waals surface area contributed by atoms with Gasteiger partial charge in [0.25, 0.3) is 0 Å². The minimum absolute atomic E-state index is 0.258. The maximum atomic E-state index is 10.7. The number of furan rings is 1. The molecule has 0 aliphatic heterocycles. The minimum atomic E-state index is 0.258. The van der Waals surface area contributed by atoms with E-state index in [9.17, 15) is 5.26 Å². The molecule has 6 nitrogen and oxygen atoms in total. The molecule has 234 valence electrons. The van der Waals surface area contributed by atoms with Gasteiger partial charge in [-0.3, -0.25) is 4.85 Å². The first-order valence-electron chi connectivity index (χ1n) is 16.5. The van der Waals surface area contributed by atoms with Crippen molar-refractivity contribution in [2.45, 2.75) is 0 Å². The molecule has 3 aromatic heterocycles. The molecule has 3 heterocycles. The highest BCUT2D eigenvalue weighted by molar-refractivity contribution is 6.24. The van der Waals surface area contributed by atoms with Crippen molar-refractivity contribution < 1.29 is 4.42 Å². The summed E-state index contributed by atoms with van der Waals surface area (Å²) >= 11 is 0. The van der Waals surface area contributed by atoms with Gasteiger partial charge in [-0.05, 0) is 48.0 Å². The molecule has 0 N–H and O–H groups in total. The molecule has 0 unspecified atom stereocenters. The van der Waals surface area contributed by atoms with E-state index in [1.165, 1.54) is 0 Å². The van der Waals surface area contributed by atoms with Crippen LogP contribution in [0.3, 0.4) is 0 Å². The lowest BCUT2D eigenvalue weighted by molar-refractivity contribution is 0.673. The number of hydrogen-bond donors (Lipinski definition) is 0. The van der Waals surface area contributed by atoms with Crippen molar-refractivity contribution in [2.24, 2.45) is 0 Å². The zero-order valence-corrected chi connectivity index (χ0v) is 26.9. The molecule has 0 saturated heterocycles. The Balaban J connectivity index is 1.38. The summed E-state index contributed by atoms with van der Waals surface area (Å²) in [5, 5.41) is 16.9. The van der Waals surface area contributed by atoms with Gasteiger partial charge < -0.3 is 13.6 Å². The number of hydrogen-bond acceptors (Lipinski definition) is 2. The van der Waals surface area contributed by atoms with Gasteiger partial charge in [-0.2, -0.15) is 5.26 Å². The second kappa shape index (κ2) is 10.7. The van der Waals surface area contributed by atoms with Crippen LogP contribution >= 0.6 is 0 Å². The first-order valence-corrected chi connectivity index (χ1v) is 16.5. The minimum Gasteiger partial charge on any atom is -0.455 e. The largest absolute Gasteiger partial charge is 0.455 e. The summed E-state index contributed by atoms with van der Waals surface area (Å²) < 4.78 is 10.8. The van der Waals surface area contributed by atoms with Gasteiger partial charge in [-0.15, -0.1) is 0 Å². The SMILES string of the molecule is [C-]#[N+]c1ccc(-c2cccc(C#N)c2-n2c3ccccc3c3c4oc5ccccc5c4ccc32)c(-n2c3ccccc3c3ccccc32)c1[N+]#[C-]. The van der Waals surface area contributed by atoms with Crippen LogP contribution in [-0.4, -0.2) is 9.13 Å². The molecule has 0 spiro atoms. The summed E-state index contributed by atoms with van der Waals surface area (Å²) in [6, 6.07) is 48.6. The topological polar surface area (TPSA) is 55.5 Å². The van der Waals surface area contributed by atoms with Gasteiger partial charge in [0.1, 0.15) is 17.2 Å². The van der Waals surface area contributed by atoms with Crippen molar-refractivity contribution in [3.05, 3.63) is 168 Å². The Labute approximate surface area is 291 Å². The van der Waals surface area contributed by atoms with Crippen LogP contribution in [0.2, 0.25) is 0 Å². The van der Waals surface area contributed by atoms with E-state index in [0.29, 0.717) is 16.9 Å². The zero-order chi connectivity index (χ0) is 34.2. The van der Waals surface area contributed by atoms with Crippen molar-refractivity contribution in [1.29, 1.82) is 5.26 Å². The second-order valence-electron chi connectivity index (χ2n) is 12.5. The van der Waals surface area contributed by atoms with Gasteiger partial charge in [0, 0.05) is 38.2 Å². The fraction of sp³-hybridized carbons (Fsp3) is 0. The lowest BCUT2D eigenvalue weighted by Crippen LogP contribution is -2.04. The Morgan fingerprint density at radius 3 is 1.80 bits per heavy atom. The van der Waals surface area contributed by atoms with Crippen LogP contribution in [0.1, 0.15) is 5.56 Å². The third kappa shape index (κ3) is 3.83. The number of para-hydroxylation sites is 5. The van der Waals surface area contributed by atoms with Crippen LogP contribution in [0.25, 0.3) is 97.7 Å². The van der Waals surface area contributed by atoms with E-state index in [1.54, 1.807) is 6.07 Å². The van der Waals surface area contributed by atoms with Gasteiger partial charge in [-0.1, -0.05) is 97.1 Å². The Morgan fingerprint density at radius 1 is 0.510 bits per heavy atom. The predicted octanol–water partition coefficient (Wildman–Crippen LogP) is 12.4. The molecule has 0 atom stereocenters. The smallest absolute Gasteiger partial charge is 0.218 e. The first kappa shape index (κ1) is 28.4. The molecule has 10 rings (SSSR count). The van der Waals surface area contributed by atoms with Crippen LogP contribution in [0.4, 0.5) is 11.4 Å². The molecule has 0 aliphatic carbocycles. The number of nitriles is 1. The van der Waals surface area contributed by atoms with Crippen molar-refractivity contribution in [3.8, 4) is 28.6 Å². The number of nitrogens with zero attached hydrogens (tertiary/aromatic N) is 5. The number of aromatic nitrogens is 2. The molecular formula is C45H23N5O. The van der Waals surface area contributed by atoms with Gasteiger partial charge in [0.05, 0.1) is 51.8 Å². The average Bonchev–Trinajstić information content (AvgIpc) is 3.84. The standard InChI is InChI=1S/C45H23N5O/c1-47-35-24-22-32(44(42(35)48-2)49-36-18-7-3-13-28(36)29-14-4-8-19-37(29)49)31-17-11-12-27(26-46)43(31)50-38-20-9-5-16-34(38)41-39(50)25-23-33-30-15-6-10-21-40(30)51-45(33)41/h3-25H. The highest BCUT2D eigenvalue weighted by atomic mass is 16.3. The molecule has 7 aromatic carbocycles. The van der Waals surface area contributed by atoms with Gasteiger partial charge in [-0.25, -0.2) is 4.85 Å². The van der Waals surface area contributed by atoms with E-state index in [2.05, 4.69) is 79.5 Å². The molecule has 0 saturated carbocycles. The summed E-state index contributed by atoms with van der Waals surface area (Å²) in [6.45, 7) is 16.5. The second-order valence-corrected chi connectivity index (χ2v) is 12.5. The van der Waals surface area contributed by atoms with E-state index >= 15 is 0 Å². The number of fused-ring (bicyclic) bond motifs is 10. The number of rotatable bonds is 3. The van der Waals surface area contributed by atoms with E-state index in [1.807, 2.05) is 78.9 Å². The average molecular weight is 650 g/mol. The van der Waals surface area contributed by atoms with Crippen molar-refractivity contribution in [3.63, 3.8) is 0 Å². The molecule has 0 fully saturated rings. The predicted molar refractivity (Wildman–Crippen MR) is 205 cm³/mol. The van der Waals surface area contributed by atoms with Gasteiger partial charge in [0.15, 0.2) is 5.69 Å². The molecular weight excluding hydrogens is 627 g/mol. The summed E-state index contributed by atoms with van der Waals surface area (Å²) in [5.41, 5.74) is 9.08. The third-order valence-electron chi connectivity index (χ3n) is 10.0. The first-order chi connectivity index (χ1) is 25.2. The van der Waals surface area contributed by atoms with E-state index in [-0.39, 0.29) is 11.4 Å². The lowest BCUT2D eigenvalue weighted by atomic mass is 9.96. The van der Waals surface area contributed by atoms with Crippen LogP contribution in [0, 0.1) is 24.5 Å². The van der Waals surface area contributed by atoms with Crippen molar-refractivity contribution in [2.75, 3.05) is 0 Å². The maximum Gasteiger partial charge on any atom is 0.218 e. The molecule has 6 heteroatoms. The monoisotopic (exact) mass is 649 g/mol. The number of benzene rings is 7. The van der Waals surface area contributed by atoms with Crippen LogP contribution in [-0.2, 0) is 0 Å². The normalized spacial score (nSPS) is 11.5. The van der Waals surface area contributed by atoms with E-state index < -0.39 is 0 Å². The van der Waals surface area contributed by atoms with Crippen LogP contribution in [0.15, 0.2) is 144 Å². The molecule has 0 aliphatic rings. The molecule has 0 bridgehead atoms. The molecule has 0 amide bonds. The highest BCUT2D eigenvalue weighted by Crippen LogP contribution is 2.48. The molecule has 10 aromatic rings. The Kier molecular flexibility index (Phi) is 5.97. The Bertz CT molecular complexity index is 3190. The van der Waals surface area contributed by atoms with Crippen molar-refractivity contribution >= 4 is 76.9 Å². The van der Waals surface area contributed by atoms with E-state index in [4.69, 9.17) is 17.6 Å². The summed E-state index contributed by atoms with van der Waals surface area (Å²) in [7, 11) is 0. The Morgan fingerprint density at radius 2 is 1.12 bits per heavy atom. The fourth-order valence-corrected chi connectivity index (χ4v) is 7.94. The third-order valence-corrected chi connectivity index (χ3v) is 10.0. The fourth-order valence-electron chi connectivity index (χ4n) is 7.94. The maximum absolute atomic E-state index is 10.7. The summed E-state index contributed by atoms with van der Waals surface area (Å²) in [5.74, 6) is 0. The highest BCUT2D eigenvalue weighted by Gasteiger charge is 2.26. The molecule has 0 radical (unpaired) electrons. The summed E-state index contributed by atoms with van der Waals surface area (Å²) in [6.07, 6.45) is 0. The summed E-state index contributed by atoms with van der Waals surface area (Å²) in [4.78, 5) is 7.81. The molecule has 51 heavy (non-hydrogen) atoms.